The third kappa shape index (κ3) is 6.65. The van der Waals surface area contributed by atoms with Crippen LogP contribution in [0.25, 0.3) is 11.0 Å². The summed E-state index contributed by atoms with van der Waals surface area (Å²) in [6, 6.07) is 12.5. The predicted octanol–water partition coefficient (Wildman–Crippen LogP) is 3.09. The van der Waals surface area contributed by atoms with Gasteiger partial charge in [-0.1, -0.05) is 12.1 Å². The summed E-state index contributed by atoms with van der Waals surface area (Å²) >= 11 is 0. The molecule has 0 unspecified atom stereocenters. The first kappa shape index (κ1) is 27.7. The molecule has 5 rings (SSSR count). The molecule has 2 aliphatic rings. The second-order valence-corrected chi connectivity index (χ2v) is 10.3. The van der Waals surface area contributed by atoms with Crippen LogP contribution in [0, 0.1) is 0 Å². The van der Waals surface area contributed by atoms with Gasteiger partial charge in [0.15, 0.2) is 11.5 Å². The van der Waals surface area contributed by atoms with Crippen LogP contribution in [0.15, 0.2) is 42.5 Å². The van der Waals surface area contributed by atoms with Crippen LogP contribution in [-0.4, -0.2) is 79.0 Å². The van der Waals surface area contributed by atoms with Crippen molar-refractivity contribution in [2.75, 3.05) is 51.9 Å². The Kier molecular flexibility index (Phi) is 9.02. The Morgan fingerprint density at radius 2 is 2.00 bits per heavy atom. The van der Waals surface area contributed by atoms with Gasteiger partial charge >= 0.3 is 6.03 Å². The summed E-state index contributed by atoms with van der Waals surface area (Å²) in [6.45, 7) is 3.96. The molecule has 2 aromatic carbocycles. The number of piperidine rings is 1. The molecular formula is C29H38N6O5. The number of hydrogen-bond acceptors (Lipinski definition) is 7. The van der Waals surface area contributed by atoms with Crippen LogP contribution in [0.4, 0.5) is 10.5 Å². The van der Waals surface area contributed by atoms with Gasteiger partial charge in [0.1, 0.15) is 19.0 Å². The number of ether oxygens (including phenoxy) is 3. The van der Waals surface area contributed by atoms with Crippen LogP contribution in [-0.2, 0) is 16.1 Å². The van der Waals surface area contributed by atoms with E-state index in [0.29, 0.717) is 50.1 Å². The molecule has 3 amide bonds. The molecule has 3 aromatic rings. The number of para-hydroxylation sites is 2. The van der Waals surface area contributed by atoms with Crippen molar-refractivity contribution in [2.24, 2.45) is 5.73 Å². The minimum absolute atomic E-state index is 0.00621. The number of anilines is 1. The molecule has 3 heterocycles. The number of rotatable bonds is 10. The van der Waals surface area contributed by atoms with E-state index in [1.54, 1.807) is 25.3 Å². The predicted molar refractivity (Wildman–Crippen MR) is 152 cm³/mol. The lowest BCUT2D eigenvalue weighted by molar-refractivity contribution is -0.132. The fraction of sp³-hybridized carbons (Fsp3) is 0.483. The van der Waals surface area contributed by atoms with E-state index >= 15 is 0 Å². The van der Waals surface area contributed by atoms with E-state index < -0.39 is 12.1 Å². The maximum Gasteiger partial charge on any atom is 0.319 e. The summed E-state index contributed by atoms with van der Waals surface area (Å²) < 4.78 is 18.6. The molecule has 11 nitrogen and oxygen atoms in total. The molecule has 2 aliphatic heterocycles. The Morgan fingerprint density at radius 1 is 1.18 bits per heavy atom. The highest BCUT2D eigenvalue weighted by atomic mass is 16.6. The first-order valence-corrected chi connectivity index (χ1v) is 13.9. The van der Waals surface area contributed by atoms with Gasteiger partial charge in [-0.15, -0.1) is 0 Å². The van der Waals surface area contributed by atoms with Crippen molar-refractivity contribution < 1.29 is 23.8 Å². The van der Waals surface area contributed by atoms with Crippen LogP contribution in [0.1, 0.15) is 37.4 Å². The Hall–Kier alpha value is -3.83. The second kappa shape index (κ2) is 13.0. The highest BCUT2D eigenvalue weighted by molar-refractivity contribution is 5.89. The number of carbonyl (C=O) groups is 2. The van der Waals surface area contributed by atoms with Gasteiger partial charge in [-0.3, -0.25) is 4.79 Å². The van der Waals surface area contributed by atoms with Gasteiger partial charge in [-0.05, 0) is 43.5 Å². The van der Waals surface area contributed by atoms with E-state index in [1.165, 1.54) is 0 Å². The van der Waals surface area contributed by atoms with Gasteiger partial charge in [0.05, 0.1) is 11.0 Å². The number of nitrogens with one attached hydrogen (secondary N) is 2. The van der Waals surface area contributed by atoms with Crippen LogP contribution < -0.4 is 25.8 Å². The monoisotopic (exact) mass is 550 g/mol. The molecule has 214 valence electrons. The molecular weight excluding hydrogens is 512 g/mol. The molecule has 0 spiro atoms. The minimum atomic E-state index is -0.502. The Bertz CT molecular complexity index is 1330. The van der Waals surface area contributed by atoms with Gasteiger partial charge in [-0.25, -0.2) is 9.78 Å². The maximum atomic E-state index is 13.2. The fourth-order valence-corrected chi connectivity index (χ4v) is 5.37. The second-order valence-electron chi connectivity index (χ2n) is 10.3. The summed E-state index contributed by atoms with van der Waals surface area (Å²) in [5.74, 6) is 2.42. The summed E-state index contributed by atoms with van der Waals surface area (Å²) in [4.78, 5) is 32.4. The molecule has 11 heteroatoms. The average molecular weight is 551 g/mol. The van der Waals surface area contributed by atoms with E-state index in [4.69, 9.17) is 24.9 Å². The van der Waals surface area contributed by atoms with E-state index in [2.05, 4.69) is 21.3 Å². The van der Waals surface area contributed by atoms with Crippen LogP contribution in [0.5, 0.6) is 11.5 Å². The molecule has 0 radical (unpaired) electrons. The number of carbonyl (C=O) groups excluding carboxylic acids is 2. The number of methoxy groups -OCH3 is 1. The number of aryl methyl sites for hydroxylation is 1. The van der Waals surface area contributed by atoms with Gasteiger partial charge in [-0.2, -0.15) is 0 Å². The summed E-state index contributed by atoms with van der Waals surface area (Å²) in [5.41, 5.74) is 8.91. The zero-order valence-electron chi connectivity index (χ0n) is 22.9. The standard InChI is InChI=1S/C29H38N6O5/c1-38-13-5-12-35-24-8-3-2-7-23(24)33-28(35)20-6-4-11-34(19-20)27(36)16-21(30)18-31-29(37)32-22-9-10-25-26(17-22)40-15-14-39-25/h2-3,7-10,17,20-21H,4-6,11-16,18-19,30H2,1H3,(H2,31,32,37)/t20-,21+/m1/s1. The quantitative estimate of drug-likeness (QED) is 0.331. The van der Waals surface area contributed by atoms with E-state index in [1.807, 2.05) is 23.1 Å². The number of imidazole rings is 1. The third-order valence-corrected chi connectivity index (χ3v) is 7.32. The van der Waals surface area contributed by atoms with Crippen molar-refractivity contribution in [3.63, 3.8) is 0 Å². The fourth-order valence-electron chi connectivity index (χ4n) is 5.37. The highest BCUT2D eigenvalue weighted by Gasteiger charge is 2.29. The first-order valence-electron chi connectivity index (χ1n) is 13.9. The van der Waals surface area contributed by atoms with Crippen LogP contribution in [0.2, 0.25) is 0 Å². The van der Waals surface area contributed by atoms with Gasteiger partial charge in [0.2, 0.25) is 5.91 Å². The van der Waals surface area contributed by atoms with Gasteiger partial charge in [0.25, 0.3) is 0 Å². The molecule has 0 saturated carbocycles. The lowest BCUT2D eigenvalue weighted by Gasteiger charge is -2.33. The number of nitrogens with zero attached hydrogens (tertiary/aromatic N) is 3. The van der Waals surface area contributed by atoms with Crippen molar-refractivity contribution in [3.05, 3.63) is 48.3 Å². The third-order valence-electron chi connectivity index (χ3n) is 7.32. The summed E-state index contributed by atoms with van der Waals surface area (Å²) in [7, 11) is 1.71. The average Bonchev–Trinajstić information content (AvgIpc) is 3.35. The normalized spacial score (nSPS) is 17.4. The Morgan fingerprint density at radius 3 is 2.85 bits per heavy atom. The molecule has 0 aliphatic carbocycles. The highest BCUT2D eigenvalue weighted by Crippen LogP contribution is 2.33. The number of nitrogens with two attached hydrogens (primary N) is 1. The zero-order chi connectivity index (χ0) is 27.9. The zero-order valence-corrected chi connectivity index (χ0v) is 22.9. The lowest BCUT2D eigenvalue weighted by Crippen LogP contribution is -2.45. The molecule has 40 heavy (non-hydrogen) atoms. The lowest BCUT2D eigenvalue weighted by atomic mass is 9.96. The number of amides is 3. The summed E-state index contributed by atoms with van der Waals surface area (Å²) in [6.07, 6.45) is 2.93. The number of urea groups is 1. The number of likely N-dealkylation sites (tertiary alicyclic amines) is 1. The molecule has 2 atom stereocenters. The number of fused-ring (bicyclic) bond motifs is 2. The number of aromatic nitrogens is 2. The Labute approximate surface area is 233 Å². The van der Waals surface area contributed by atoms with Crippen molar-refractivity contribution in [1.82, 2.24) is 19.8 Å². The topological polar surface area (TPSA) is 133 Å². The largest absolute Gasteiger partial charge is 0.486 e. The van der Waals surface area contributed by atoms with Crippen molar-refractivity contribution >= 4 is 28.7 Å². The smallest absolute Gasteiger partial charge is 0.319 e. The van der Waals surface area contributed by atoms with Crippen molar-refractivity contribution in [1.29, 1.82) is 0 Å². The molecule has 1 aromatic heterocycles. The van der Waals surface area contributed by atoms with Crippen LogP contribution >= 0.6 is 0 Å². The van der Waals surface area contributed by atoms with E-state index in [0.717, 1.165) is 42.7 Å². The van der Waals surface area contributed by atoms with Gasteiger partial charge in [0, 0.05) is 70.0 Å². The van der Waals surface area contributed by atoms with Crippen molar-refractivity contribution in [3.8, 4) is 11.5 Å². The summed E-state index contributed by atoms with van der Waals surface area (Å²) in [5, 5.41) is 5.53. The van der Waals surface area contributed by atoms with Crippen LogP contribution in [0.3, 0.4) is 0 Å². The maximum absolute atomic E-state index is 13.2. The minimum Gasteiger partial charge on any atom is -0.486 e. The SMILES string of the molecule is COCCCn1c([C@@H]2CCCN(C(=O)C[C@H](N)CNC(=O)Nc3ccc4c(c3)OCCO4)C2)nc2ccccc21. The number of benzene rings is 2. The van der Waals surface area contributed by atoms with E-state index in [9.17, 15) is 9.59 Å². The Balaban J connectivity index is 1.13. The molecule has 0 bridgehead atoms. The molecule has 1 saturated heterocycles. The molecule has 4 N–H and O–H groups in total. The van der Waals surface area contributed by atoms with Gasteiger partial charge < -0.3 is 40.0 Å². The molecule has 1 fully saturated rings. The van der Waals surface area contributed by atoms with Crippen molar-refractivity contribution in [2.45, 2.75) is 44.2 Å². The first-order chi connectivity index (χ1) is 19.5. The number of hydrogen-bond donors (Lipinski definition) is 3. The van der Waals surface area contributed by atoms with E-state index in [-0.39, 0.29) is 24.8 Å².